The zero-order valence-electron chi connectivity index (χ0n) is 12.3. The van der Waals surface area contributed by atoms with Gasteiger partial charge in [0.05, 0.1) is 11.4 Å². The second kappa shape index (κ2) is 6.93. The van der Waals surface area contributed by atoms with Gasteiger partial charge in [0.2, 0.25) is 10.0 Å². The smallest absolute Gasteiger partial charge is 0.251 e. The Morgan fingerprint density at radius 2 is 2.14 bits per heavy atom. The number of hydrogen-bond donors (Lipinski definition) is 1. The standard InChI is InChI=1S/C15H22N2O3S/c1-2-3-4-9-16-15(18)13-7-5-8-14(12-13)17-10-6-11-21(17,19)20/h5,7-8,12H,2-4,6,9-11H2,1H3,(H,16,18). The van der Waals surface area contributed by atoms with E-state index in [0.29, 0.717) is 30.8 Å². The van der Waals surface area contributed by atoms with E-state index in [9.17, 15) is 13.2 Å². The van der Waals surface area contributed by atoms with Gasteiger partial charge in [-0.3, -0.25) is 9.10 Å². The normalized spacial score (nSPS) is 16.9. The summed E-state index contributed by atoms with van der Waals surface area (Å²) in [7, 11) is -3.21. The van der Waals surface area contributed by atoms with Crippen molar-refractivity contribution in [1.29, 1.82) is 0 Å². The average Bonchev–Trinajstić information content (AvgIpc) is 2.83. The third kappa shape index (κ3) is 3.97. The van der Waals surface area contributed by atoms with Crippen molar-refractivity contribution in [2.24, 2.45) is 0 Å². The third-order valence-electron chi connectivity index (χ3n) is 3.56. The minimum atomic E-state index is -3.21. The van der Waals surface area contributed by atoms with Crippen LogP contribution < -0.4 is 9.62 Å². The van der Waals surface area contributed by atoms with Crippen LogP contribution in [0.25, 0.3) is 0 Å². The van der Waals surface area contributed by atoms with Crippen molar-refractivity contribution in [2.75, 3.05) is 23.1 Å². The number of carbonyl (C=O) groups excluding carboxylic acids is 1. The molecule has 5 nitrogen and oxygen atoms in total. The molecule has 0 aromatic heterocycles. The number of nitrogens with zero attached hydrogens (tertiary/aromatic N) is 1. The Kier molecular flexibility index (Phi) is 5.22. The van der Waals surface area contributed by atoms with Crippen LogP contribution in [0.4, 0.5) is 5.69 Å². The predicted molar refractivity (Wildman–Crippen MR) is 84.1 cm³/mol. The van der Waals surface area contributed by atoms with E-state index in [2.05, 4.69) is 12.2 Å². The molecule has 21 heavy (non-hydrogen) atoms. The van der Waals surface area contributed by atoms with E-state index in [1.54, 1.807) is 24.3 Å². The van der Waals surface area contributed by atoms with Crippen molar-refractivity contribution < 1.29 is 13.2 Å². The fourth-order valence-corrected chi connectivity index (χ4v) is 3.97. The minimum Gasteiger partial charge on any atom is -0.352 e. The van der Waals surface area contributed by atoms with Crippen LogP contribution in [-0.2, 0) is 10.0 Å². The first-order valence-corrected chi connectivity index (χ1v) is 9.04. The molecule has 0 radical (unpaired) electrons. The second-order valence-electron chi connectivity index (χ2n) is 5.26. The number of hydrogen-bond acceptors (Lipinski definition) is 3. The Hall–Kier alpha value is -1.56. The average molecular weight is 310 g/mol. The van der Waals surface area contributed by atoms with Gasteiger partial charge in [0.25, 0.3) is 5.91 Å². The van der Waals surface area contributed by atoms with Gasteiger partial charge in [-0.2, -0.15) is 0 Å². The predicted octanol–water partition coefficient (Wildman–Crippen LogP) is 2.15. The first kappa shape index (κ1) is 15.8. The van der Waals surface area contributed by atoms with Crippen molar-refractivity contribution in [3.63, 3.8) is 0 Å². The summed E-state index contributed by atoms with van der Waals surface area (Å²) in [6.07, 6.45) is 3.79. The van der Waals surface area contributed by atoms with E-state index in [1.165, 1.54) is 4.31 Å². The maximum absolute atomic E-state index is 12.1. The molecular weight excluding hydrogens is 288 g/mol. The second-order valence-corrected chi connectivity index (χ2v) is 7.27. The van der Waals surface area contributed by atoms with Crippen LogP contribution in [0.5, 0.6) is 0 Å². The first-order chi connectivity index (χ1) is 10.0. The van der Waals surface area contributed by atoms with Crippen molar-refractivity contribution in [3.8, 4) is 0 Å². The zero-order valence-corrected chi connectivity index (χ0v) is 13.2. The van der Waals surface area contributed by atoms with Crippen LogP contribution in [0.3, 0.4) is 0 Å². The van der Waals surface area contributed by atoms with E-state index < -0.39 is 10.0 Å². The molecule has 0 aliphatic carbocycles. The summed E-state index contributed by atoms with van der Waals surface area (Å²) in [5.41, 5.74) is 1.08. The van der Waals surface area contributed by atoms with Crippen LogP contribution in [0.2, 0.25) is 0 Å². The number of anilines is 1. The molecule has 1 heterocycles. The number of benzene rings is 1. The van der Waals surface area contributed by atoms with Gasteiger partial charge in [-0.05, 0) is 31.0 Å². The lowest BCUT2D eigenvalue weighted by molar-refractivity contribution is 0.0953. The number of nitrogens with one attached hydrogen (secondary N) is 1. The lowest BCUT2D eigenvalue weighted by Gasteiger charge is -2.17. The van der Waals surface area contributed by atoms with Crippen molar-refractivity contribution in [3.05, 3.63) is 29.8 Å². The van der Waals surface area contributed by atoms with Gasteiger partial charge < -0.3 is 5.32 Å². The number of amides is 1. The summed E-state index contributed by atoms with van der Waals surface area (Å²) < 4.78 is 25.2. The summed E-state index contributed by atoms with van der Waals surface area (Å²) in [4.78, 5) is 12.1. The summed E-state index contributed by atoms with van der Waals surface area (Å²) in [5, 5.41) is 2.87. The number of carbonyl (C=O) groups is 1. The Morgan fingerprint density at radius 1 is 1.33 bits per heavy atom. The van der Waals surface area contributed by atoms with Crippen LogP contribution in [0.15, 0.2) is 24.3 Å². The summed E-state index contributed by atoms with van der Waals surface area (Å²) in [6.45, 7) is 3.25. The highest BCUT2D eigenvalue weighted by atomic mass is 32.2. The molecule has 1 aromatic rings. The Balaban J connectivity index is 2.06. The molecule has 1 fully saturated rings. The molecular formula is C15H22N2O3S. The van der Waals surface area contributed by atoms with E-state index in [4.69, 9.17) is 0 Å². The molecule has 6 heteroatoms. The van der Waals surface area contributed by atoms with E-state index in [-0.39, 0.29) is 11.7 Å². The Bertz CT molecular complexity index is 599. The molecule has 0 atom stereocenters. The lowest BCUT2D eigenvalue weighted by atomic mass is 10.2. The zero-order chi connectivity index (χ0) is 15.3. The largest absolute Gasteiger partial charge is 0.352 e. The lowest BCUT2D eigenvalue weighted by Crippen LogP contribution is -2.27. The van der Waals surface area contributed by atoms with Gasteiger partial charge in [0.1, 0.15) is 0 Å². The highest BCUT2D eigenvalue weighted by Gasteiger charge is 2.28. The van der Waals surface area contributed by atoms with Gasteiger partial charge in [0, 0.05) is 18.7 Å². The fourth-order valence-electron chi connectivity index (χ4n) is 2.41. The third-order valence-corrected chi connectivity index (χ3v) is 5.43. The molecule has 116 valence electrons. The monoisotopic (exact) mass is 310 g/mol. The Morgan fingerprint density at radius 3 is 2.81 bits per heavy atom. The quantitative estimate of drug-likeness (QED) is 0.819. The van der Waals surface area contributed by atoms with Crippen LogP contribution in [0, 0.1) is 0 Å². The van der Waals surface area contributed by atoms with E-state index >= 15 is 0 Å². The van der Waals surface area contributed by atoms with Crippen molar-refractivity contribution in [1.82, 2.24) is 5.32 Å². The maximum Gasteiger partial charge on any atom is 0.251 e. The molecule has 0 saturated carbocycles. The van der Waals surface area contributed by atoms with Gasteiger partial charge in [-0.1, -0.05) is 25.8 Å². The molecule has 1 N–H and O–H groups in total. The molecule has 2 rings (SSSR count). The van der Waals surface area contributed by atoms with Crippen LogP contribution in [0.1, 0.15) is 43.0 Å². The molecule has 0 unspecified atom stereocenters. The highest BCUT2D eigenvalue weighted by molar-refractivity contribution is 7.93. The molecule has 1 saturated heterocycles. The maximum atomic E-state index is 12.1. The Labute approximate surface area is 126 Å². The fraction of sp³-hybridized carbons (Fsp3) is 0.533. The molecule has 1 amide bonds. The van der Waals surface area contributed by atoms with Gasteiger partial charge in [-0.25, -0.2) is 8.42 Å². The van der Waals surface area contributed by atoms with Gasteiger partial charge >= 0.3 is 0 Å². The summed E-state index contributed by atoms with van der Waals surface area (Å²) in [6, 6.07) is 6.82. The van der Waals surface area contributed by atoms with Crippen LogP contribution >= 0.6 is 0 Å². The SMILES string of the molecule is CCCCCNC(=O)c1cccc(N2CCCS2(=O)=O)c1. The van der Waals surface area contributed by atoms with Crippen LogP contribution in [-0.4, -0.2) is 33.2 Å². The van der Waals surface area contributed by atoms with Crippen molar-refractivity contribution >= 4 is 21.6 Å². The number of rotatable bonds is 6. The van der Waals surface area contributed by atoms with E-state index in [0.717, 1.165) is 19.3 Å². The molecule has 1 aliphatic rings. The number of sulfonamides is 1. The van der Waals surface area contributed by atoms with Crippen molar-refractivity contribution in [2.45, 2.75) is 32.6 Å². The summed E-state index contributed by atoms with van der Waals surface area (Å²) >= 11 is 0. The summed E-state index contributed by atoms with van der Waals surface area (Å²) in [5.74, 6) is 0.0324. The topological polar surface area (TPSA) is 66.5 Å². The molecule has 1 aliphatic heterocycles. The minimum absolute atomic E-state index is 0.149. The van der Waals surface area contributed by atoms with Gasteiger partial charge in [0.15, 0.2) is 0 Å². The molecule has 0 spiro atoms. The van der Waals surface area contributed by atoms with E-state index in [1.807, 2.05) is 0 Å². The molecule has 1 aromatic carbocycles. The van der Waals surface area contributed by atoms with Gasteiger partial charge in [-0.15, -0.1) is 0 Å². The highest BCUT2D eigenvalue weighted by Crippen LogP contribution is 2.24. The first-order valence-electron chi connectivity index (χ1n) is 7.43. The number of unbranched alkanes of at least 4 members (excludes halogenated alkanes) is 2. The molecule has 0 bridgehead atoms.